The maximum Gasteiger partial charge on any atom is 0.258 e. The van der Waals surface area contributed by atoms with Gasteiger partial charge in [0.05, 0.1) is 17.4 Å². The Morgan fingerprint density at radius 1 is 1.14 bits per heavy atom. The highest BCUT2D eigenvalue weighted by Crippen LogP contribution is 2.34. The number of nitrogens with one attached hydrogen (secondary N) is 2. The van der Waals surface area contributed by atoms with E-state index in [1.165, 1.54) is 6.92 Å². The average Bonchev–Trinajstić information content (AvgIpc) is 3.20. The summed E-state index contributed by atoms with van der Waals surface area (Å²) in [7, 11) is 0. The van der Waals surface area contributed by atoms with Gasteiger partial charge in [0.25, 0.3) is 5.56 Å². The van der Waals surface area contributed by atoms with Crippen molar-refractivity contribution in [3.63, 3.8) is 0 Å². The summed E-state index contributed by atoms with van der Waals surface area (Å²) < 4.78 is 5.47. The number of nitrogens with zero attached hydrogens (tertiary/aromatic N) is 4. The standard InChI is InChI=1S/C25H32N6O4/c1-3-31(16-20-26-19-11-7-6-10-18(19)23(34)27-20)22(33)13-12-21-28-24(30-35-21)25(29-17(2)32)14-8-4-5-9-15-25/h6-7,10-11H,3-5,8-9,12-16H2,1-2H3,(H,29,32)(H,26,27,34). The molecule has 0 radical (unpaired) electrons. The molecule has 2 heterocycles. The number of carbonyl (C=O) groups is 2. The monoisotopic (exact) mass is 480 g/mol. The lowest BCUT2D eigenvalue weighted by Gasteiger charge is -2.30. The zero-order valence-corrected chi connectivity index (χ0v) is 20.3. The van der Waals surface area contributed by atoms with E-state index >= 15 is 0 Å². The molecule has 2 aromatic heterocycles. The fourth-order valence-corrected chi connectivity index (χ4v) is 4.76. The molecule has 1 fully saturated rings. The summed E-state index contributed by atoms with van der Waals surface area (Å²) in [6.45, 7) is 4.06. The minimum Gasteiger partial charge on any atom is -0.343 e. The van der Waals surface area contributed by atoms with E-state index in [-0.39, 0.29) is 30.3 Å². The summed E-state index contributed by atoms with van der Waals surface area (Å²) in [5.74, 6) is 1.08. The number of fused-ring (bicyclic) bond motifs is 1. The van der Waals surface area contributed by atoms with E-state index in [9.17, 15) is 14.4 Å². The molecule has 0 aliphatic heterocycles. The molecule has 1 aliphatic rings. The molecule has 4 rings (SSSR count). The Hall–Kier alpha value is -3.56. The molecule has 1 aromatic carbocycles. The van der Waals surface area contributed by atoms with Crippen molar-refractivity contribution in [2.45, 2.75) is 77.3 Å². The third kappa shape index (κ3) is 5.75. The van der Waals surface area contributed by atoms with Crippen LogP contribution in [0.2, 0.25) is 0 Å². The van der Waals surface area contributed by atoms with Crippen LogP contribution in [-0.2, 0) is 28.1 Å². The van der Waals surface area contributed by atoms with Gasteiger partial charge in [-0.15, -0.1) is 0 Å². The van der Waals surface area contributed by atoms with Gasteiger partial charge in [-0.25, -0.2) is 4.98 Å². The van der Waals surface area contributed by atoms with Gasteiger partial charge in [0.1, 0.15) is 11.4 Å². The summed E-state index contributed by atoms with van der Waals surface area (Å²) in [4.78, 5) is 50.6. The van der Waals surface area contributed by atoms with E-state index in [1.54, 1.807) is 23.1 Å². The minimum atomic E-state index is -0.614. The smallest absolute Gasteiger partial charge is 0.258 e. The number of rotatable bonds is 8. The first-order valence-electron chi connectivity index (χ1n) is 12.3. The highest BCUT2D eigenvalue weighted by molar-refractivity contribution is 5.78. The number of carbonyl (C=O) groups excluding carboxylic acids is 2. The van der Waals surface area contributed by atoms with Gasteiger partial charge in [-0.2, -0.15) is 4.98 Å². The van der Waals surface area contributed by atoms with Gasteiger partial charge in [0.15, 0.2) is 5.82 Å². The molecule has 0 atom stereocenters. The predicted octanol–water partition coefficient (Wildman–Crippen LogP) is 2.97. The number of aromatic nitrogens is 4. The minimum absolute atomic E-state index is 0.103. The molecule has 3 aromatic rings. The van der Waals surface area contributed by atoms with Crippen molar-refractivity contribution in [1.82, 2.24) is 30.3 Å². The zero-order chi connectivity index (χ0) is 24.8. The SMILES string of the molecule is CCN(Cc1nc2ccccc2c(=O)[nH]1)C(=O)CCc1nc(C2(NC(C)=O)CCCCCC2)no1. The van der Waals surface area contributed by atoms with E-state index in [0.717, 1.165) is 38.5 Å². The normalized spacial score (nSPS) is 15.5. The van der Waals surface area contributed by atoms with Crippen molar-refractivity contribution in [2.24, 2.45) is 0 Å². The lowest BCUT2D eigenvalue weighted by molar-refractivity contribution is -0.131. The van der Waals surface area contributed by atoms with Gasteiger partial charge in [-0.3, -0.25) is 14.4 Å². The first-order valence-corrected chi connectivity index (χ1v) is 12.3. The first-order chi connectivity index (χ1) is 16.9. The maximum atomic E-state index is 12.9. The summed E-state index contributed by atoms with van der Waals surface area (Å²) in [5.41, 5.74) is -0.240. The number of para-hydroxylation sites is 1. The van der Waals surface area contributed by atoms with Crippen LogP contribution in [0.15, 0.2) is 33.6 Å². The van der Waals surface area contributed by atoms with Crippen LogP contribution in [0.4, 0.5) is 0 Å². The summed E-state index contributed by atoms with van der Waals surface area (Å²) >= 11 is 0. The highest BCUT2D eigenvalue weighted by atomic mass is 16.5. The van der Waals surface area contributed by atoms with Gasteiger partial charge in [-0.1, -0.05) is 43.0 Å². The van der Waals surface area contributed by atoms with Crippen molar-refractivity contribution >= 4 is 22.7 Å². The molecule has 0 unspecified atom stereocenters. The van der Waals surface area contributed by atoms with Crippen molar-refractivity contribution in [2.75, 3.05) is 6.54 Å². The van der Waals surface area contributed by atoms with E-state index < -0.39 is 5.54 Å². The van der Waals surface area contributed by atoms with Crippen LogP contribution in [0.3, 0.4) is 0 Å². The molecule has 0 spiro atoms. The van der Waals surface area contributed by atoms with Crippen molar-refractivity contribution in [3.8, 4) is 0 Å². The number of benzene rings is 1. The van der Waals surface area contributed by atoms with Crippen molar-refractivity contribution < 1.29 is 14.1 Å². The largest absolute Gasteiger partial charge is 0.343 e. The van der Waals surface area contributed by atoms with Crippen molar-refractivity contribution in [1.29, 1.82) is 0 Å². The van der Waals surface area contributed by atoms with Gasteiger partial charge >= 0.3 is 0 Å². The molecule has 2 N–H and O–H groups in total. The number of amides is 2. The molecule has 186 valence electrons. The fraction of sp³-hybridized carbons (Fsp3) is 0.520. The van der Waals surface area contributed by atoms with E-state index in [1.807, 2.05) is 13.0 Å². The number of H-pyrrole nitrogens is 1. The van der Waals surface area contributed by atoms with Crippen LogP contribution in [0.1, 0.15) is 76.3 Å². The topological polar surface area (TPSA) is 134 Å². The molecule has 35 heavy (non-hydrogen) atoms. The van der Waals surface area contributed by atoms with Crippen LogP contribution < -0.4 is 10.9 Å². The summed E-state index contributed by atoms with van der Waals surface area (Å²) in [6.07, 6.45) is 6.21. The Morgan fingerprint density at radius 3 is 2.60 bits per heavy atom. The fourth-order valence-electron chi connectivity index (χ4n) is 4.76. The van der Waals surface area contributed by atoms with Crippen LogP contribution in [0.25, 0.3) is 10.9 Å². The van der Waals surface area contributed by atoms with E-state index in [4.69, 9.17) is 4.52 Å². The second-order valence-corrected chi connectivity index (χ2v) is 9.13. The molecule has 0 saturated heterocycles. The Kier molecular flexibility index (Phi) is 7.57. The highest BCUT2D eigenvalue weighted by Gasteiger charge is 2.38. The summed E-state index contributed by atoms with van der Waals surface area (Å²) in [6, 6.07) is 7.11. The van der Waals surface area contributed by atoms with Crippen LogP contribution in [0.5, 0.6) is 0 Å². The number of hydrogen-bond donors (Lipinski definition) is 2. The molecule has 1 aliphatic carbocycles. The van der Waals surface area contributed by atoms with Crippen LogP contribution in [0, 0.1) is 0 Å². The average molecular weight is 481 g/mol. The Balaban J connectivity index is 1.42. The van der Waals surface area contributed by atoms with Crippen LogP contribution >= 0.6 is 0 Å². The lowest BCUT2D eigenvalue weighted by Crippen LogP contribution is -2.45. The second kappa shape index (κ2) is 10.8. The molecule has 2 amide bonds. The third-order valence-corrected chi connectivity index (χ3v) is 6.56. The second-order valence-electron chi connectivity index (χ2n) is 9.13. The van der Waals surface area contributed by atoms with Gasteiger partial charge in [0.2, 0.25) is 17.7 Å². The van der Waals surface area contributed by atoms with Gasteiger partial charge in [0, 0.05) is 26.3 Å². The maximum absolute atomic E-state index is 12.9. The van der Waals surface area contributed by atoms with E-state index in [0.29, 0.717) is 41.4 Å². The van der Waals surface area contributed by atoms with Crippen LogP contribution in [-0.4, -0.2) is 43.4 Å². The first kappa shape index (κ1) is 24.6. The molecular formula is C25H32N6O4. The third-order valence-electron chi connectivity index (χ3n) is 6.56. The number of hydrogen-bond acceptors (Lipinski definition) is 7. The van der Waals surface area contributed by atoms with Gasteiger partial charge < -0.3 is 19.7 Å². The quantitative estimate of drug-likeness (QED) is 0.473. The zero-order valence-electron chi connectivity index (χ0n) is 20.3. The Labute approximate surface area is 203 Å². The number of aromatic amines is 1. The predicted molar refractivity (Wildman–Crippen MR) is 129 cm³/mol. The molecule has 10 nitrogen and oxygen atoms in total. The molecule has 0 bridgehead atoms. The lowest BCUT2D eigenvalue weighted by atomic mass is 9.89. The molecule has 1 saturated carbocycles. The Bertz CT molecular complexity index is 1240. The molecular weight excluding hydrogens is 448 g/mol. The number of aryl methyl sites for hydroxylation is 1. The van der Waals surface area contributed by atoms with Crippen molar-refractivity contribution in [3.05, 3.63) is 52.2 Å². The van der Waals surface area contributed by atoms with E-state index in [2.05, 4.69) is 25.4 Å². The summed E-state index contributed by atoms with van der Waals surface area (Å²) in [5, 5.41) is 7.76. The van der Waals surface area contributed by atoms with Gasteiger partial charge in [-0.05, 0) is 31.9 Å². The Morgan fingerprint density at radius 2 is 1.89 bits per heavy atom. The molecule has 10 heteroatoms.